The predicted molar refractivity (Wildman–Crippen MR) is 86.8 cm³/mol. The number of nitrogens with one attached hydrogen (secondary N) is 1. The Labute approximate surface area is 143 Å². The standard InChI is InChI=1S/C17H16N4O4/c22-16(12-3-9-24-11-12)20-4-6-21(7-5-20)17(23)14-10-13(18-19-14)15-2-1-8-25-15/h1-3,8-11H,4-7H2,(H,18,19). The Bertz CT molecular complexity index is 859. The number of hydrogen-bond donors (Lipinski definition) is 1. The molecule has 1 fully saturated rings. The molecule has 0 spiro atoms. The summed E-state index contributed by atoms with van der Waals surface area (Å²) in [5, 5.41) is 6.88. The highest BCUT2D eigenvalue weighted by molar-refractivity contribution is 5.95. The number of H-pyrrole nitrogens is 1. The van der Waals surface area contributed by atoms with Crippen LogP contribution in [0, 0.1) is 0 Å². The lowest BCUT2D eigenvalue weighted by atomic mass is 10.2. The summed E-state index contributed by atoms with van der Waals surface area (Å²) < 4.78 is 10.2. The topological polar surface area (TPSA) is 95.6 Å². The third kappa shape index (κ3) is 2.93. The van der Waals surface area contributed by atoms with E-state index in [1.165, 1.54) is 12.5 Å². The largest absolute Gasteiger partial charge is 0.472 e. The summed E-state index contributed by atoms with van der Waals surface area (Å²) in [4.78, 5) is 28.3. The lowest BCUT2D eigenvalue weighted by Crippen LogP contribution is -2.50. The number of nitrogens with zero attached hydrogens (tertiary/aromatic N) is 3. The predicted octanol–water partition coefficient (Wildman–Crippen LogP) is 1.86. The van der Waals surface area contributed by atoms with Crippen LogP contribution in [0.15, 0.2) is 51.9 Å². The minimum Gasteiger partial charge on any atom is -0.472 e. The molecule has 0 saturated carbocycles. The van der Waals surface area contributed by atoms with Crippen LogP contribution in [0.1, 0.15) is 20.8 Å². The molecule has 4 rings (SSSR count). The van der Waals surface area contributed by atoms with Crippen molar-refractivity contribution in [2.45, 2.75) is 0 Å². The third-order valence-corrected chi connectivity index (χ3v) is 4.21. The number of carbonyl (C=O) groups excluding carboxylic acids is 2. The maximum absolute atomic E-state index is 12.6. The molecule has 0 aliphatic carbocycles. The minimum atomic E-state index is -0.163. The number of piperazine rings is 1. The maximum Gasteiger partial charge on any atom is 0.274 e. The van der Waals surface area contributed by atoms with E-state index in [1.54, 1.807) is 40.3 Å². The van der Waals surface area contributed by atoms with E-state index in [4.69, 9.17) is 8.83 Å². The summed E-state index contributed by atoms with van der Waals surface area (Å²) in [6.07, 6.45) is 4.47. The Morgan fingerprint density at radius 3 is 2.44 bits per heavy atom. The highest BCUT2D eigenvalue weighted by Crippen LogP contribution is 2.19. The molecule has 4 heterocycles. The van der Waals surface area contributed by atoms with Gasteiger partial charge in [-0.15, -0.1) is 0 Å². The van der Waals surface area contributed by atoms with E-state index in [1.807, 2.05) is 0 Å². The molecule has 2 amide bonds. The molecule has 0 atom stereocenters. The number of rotatable bonds is 3. The van der Waals surface area contributed by atoms with Crippen molar-refractivity contribution in [2.24, 2.45) is 0 Å². The Morgan fingerprint density at radius 1 is 1.04 bits per heavy atom. The Balaban J connectivity index is 1.39. The van der Waals surface area contributed by atoms with Gasteiger partial charge in [0.05, 0.1) is 18.1 Å². The second kappa shape index (κ2) is 6.31. The monoisotopic (exact) mass is 340 g/mol. The van der Waals surface area contributed by atoms with Crippen LogP contribution in [0.25, 0.3) is 11.5 Å². The number of aromatic amines is 1. The molecular weight excluding hydrogens is 324 g/mol. The van der Waals surface area contributed by atoms with Gasteiger partial charge in [-0.3, -0.25) is 14.7 Å². The summed E-state index contributed by atoms with van der Waals surface area (Å²) in [7, 11) is 0. The first-order chi connectivity index (χ1) is 12.2. The van der Waals surface area contributed by atoms with E-state index in [-0.39, 0.29) is 11.8 Å². The number of aromatic nitrogens is 2. The second-order valence-corrected chi connectivity index (χ2v) is 5.74. The second-order valence-electron chi connectivity index (χ2n) is 5.74. The van der Waals surface area contributed by atoms with Crippen molar-refractivity contribution >= 4 is 11.8 Å². The minimum absolute atomic E-state index is 0.0827. The average Bonchev–Trinajstić information content (AvgIpc) is 3.42. The third-order valence-electron chi connectivity index (χ3n) is 4.21. The van der Waals surface area contributed by atoms with Gasteiger partial charge in [0.25, 0.3) is 11.8 Å². The fourth-order valence-electron chi connectivity index (χ4n) is 2.83. The quantitative estimate of drug-likeness (QED) is 0.785. The van der Waals surface area contributed by atoms with E-state index in [2.05, 4.69) is 10.2 Å². The molecule has 25 heavy (non-hydrogen) atoms. The first-order valence-corrected chi connectivity index (χ1v) is 7.92. The smallest absolute Gasteiger partial charge is 0.274 e. The number of carbonyl (C=O) groups is 2. The van der Waals surface area contributed by atoms with Gasteiger partial charge in [0.1, 0.15) is 12.0 Å². The molecule has 1 N–H and O–H groups in total. The van der Waals surface area contributed by atoms with E-state index in [0.717, 1.165) is 0 Å². The molecule has 0 bridgehead atoms. The molecule has 1 aliphatic heterocycles. The molecular formula is C17H16N4O4. The molecule has 0 aromatic carbocycles. The zero-order chi connectivity index (χ0) is 17.2. The van der Waals surface area contributed by atoms with Crippen molar-refractivity contribution in [1.29, 1.82) is 0 Å². The van der Waals surface area contributed by atoms with Gasteiger partial charge in [0, 0.05) is 32.2 Å². The SMILES string of the molecule is O=C(c1ccoc1)N1CCN(C(=O)c2cc(-c3ccco3)[nH]n2)CC1. The number of amides is 2. The van der Waals surface area contributed by atoms with E-state index in [0.29, 0.717) is 48.9 Å². The first-order valence-electron chi connectivity index (χ1n) is 7.92. The lowest BCUT2D eigenvalue weighted by Gasteiger charge is -2.34. The van der Waals surface area contributed by atoms with Gasteiger partial charge >= 0.3 is 0 Å². The van der Waals surface area contributed by atoms with Gasteiger partial charge < -0.3 is 18.6 Å². The molecule has 8 nitrogen and oxygen atoms in total. The van der Waals surface area contributed by atoms with Crippen molar-refractivity contribution in [3.8, 4) is 11.5 Å². The molecule has 3 aromatic rings. The summed E-state index contributed by atoms with van der Waals surface area (Å²) in [5.41, 5.74) is 1.51. The van der Waals surface area contributed by atoms with Crippen molar-refractivity contribution in [1.82, 2.24) is 20.0 Å². The van der Waals surface area contributed by atoms with E-state index < -0.39 is 0 Å². The Morgan fingerprint density at radius 2 is 1.80 bits per heavy atom. The number of furan rings is 2. The van der Waals surface area contributed by atoms with Crippen LogP contribution in [0.5, 0.6) is 0 Å². The molecule has 1 aliphatic rings. The summed E-state index contributed by atoms with van der Waals surface area (Å²) >= 11 is 0. The summed E-state index contributed by atoms with van der Waals surface area (Å²) in [6, 6.07) is 6.87. The van der Waals surface area contributed by atoms with Crippen LogP contribution >= 0.6 is 0 Å². The lowest BCUT2D eigenvalue weighted by molar-refractivity contribution is 0.0532. The van der Waals surface area contributed by atoms with Crippen LogP contribution in [-0.2, 0) is 0 Å². The van der Waals surface area contributed by atoms with Crippen molar-refractivity contribution in [3.05, 3.63) is 54.3 Å². The Hall–Kier alpha value is -3.29. The summed E-state index contributed by atoms with van der Waals surface area (Å²) in [5.74, 6) is 0.382. The van der Waals surface area contributed by atoms with Gasteiger partial charge in [-0.25, -0.2) is 0 Å². The van der Waals surface area contributed by atoms with Gasteiger partial charge in [0.15, 0.2) is 11.5 Å². The zero-order valence-corrected chi connectivity index (χ0v) is 13.3. The van der Waals surface area contributed by atoms with Gasteiger partial charge in [-0.2, -0.15) is 5.10 Å². The van der Waals surface area contributed by atoms with E-state index in [9.17, 15) is 9.59 Å². The average molecular weight is 340 g/mol. The first kappa shape index (κ1) is 15.3. The van der Waals surface area contributed by atoms with Gasteiger partial charge in [-0.05, 0) is 18.2 Å². The molecule has 3 aromatic heterocycles. The van der Waals surface area contributed by atoms with Gasteiger partial charge in [-0.1, -0.05) is 0 Å². The fourth-order valence-corrected chi connectivity index (χ4v) is 2.83. The van der Waals surface area contributed by atoms with Crippen molar-refractivity contribution in [2.75, 3.05) is 26.2 Å². The maximum atomic E-state index is 12.6. The van der Waals surface area contributed by atoms with E-state index >= 15 is 0 Å². The molecule has 0 unspecified atom stereocenters. The van der Waals surface area contributed by atoms with Crippen molar-refractivity contribution in [3.63, 3.8) is 0 Å². The molecule has 128 valence electrons. The molecule has 8 heteroatoms. The van der Waals surface area contributed by atoms with Crippen molar-refractivity contribution < 1.29 is 18.4 Å². The summed E-state index contributed by atoms with van der Waals surface area (Å²) in [6.45, 7) is 1.88. The zero-order valence-electron chi connectivity index (χ0n) is 13.3. The highest BCUT2D eigenvalue weighted by Gasteiger charge is 2.27. The number of hydrogen-bond acceptors (Lipinski definition) is 5. The fraction of sp³-hybridized carbons (Fsp3) is 0.235. The van der Waals surface area contributed by atoms with Crippen LogP contribution in [0.2, 0.25) is 0 Å². The van der Waals surface area contributed by atoms with Crippen LogP contribution in [0.4, 0.5) is 0 Å². The van der Waals surface area contributed by atoms with Crippen LogP contribution in [-0.4, -0.2) is 58.0 Å². The molecule has 0 radical (unpaired) electrons. The molecule has 1 saturated heterocycles. The van der Waals surface area contributed by atoms with Crippen LogP contribution in [0.3, 0.4) is 0 Å². The Kier molecular flexibility index (Phi) is 3.85. The van der Waals surface area contributed by atoms with Gasteiger partial charge in [0.2, 0.25) is 0 Å². The highest BCUT2D eigenvalue weighted by atomic mass is 16.3. The van der Waals surface area contributed by atoms with Crippen LogP contribution < -0.4 is 0 Å². The normalized spacial score (nSPS) is 14.7.